The third-order valence-electron chi connectivity index (χ3n) is 2.07. The van der Waals surface area contributed by atoms with Gasteiger partial charge in [0.2, 0.25) is 5.91 Å². The first-order chi connectivity index (χ1) is 5.61. The summed E-state index contributed by atoms with van der Waals surface area (Å²) in [6.45, 7) is 4.02. The first-order valence-electron chi connectivity index (χ1n) is 4.17. The van der Waals surface area contributed by atoms with Crippen molar-refractivity contribution in [1.29, 1.82) is 0 Å². The SMILES string of the molecule is CC(Br)C(=O)NC1CCSC1C. The molecule has 1 rings (SSSR count). The molecule has 0 aliphatic carbocycles. The Morgan fingerprint density at radius 2 is 2.42 bits per heavy atom. The highest BCUT2D eigenvalue weighted by atomic mass is 79.9. The summed E-state index contributed by atoms with van der Waals surface area (Å²) in [5, 5.41) is 3.59. The van der Waals surface area contributed by atoms with E-state index in [2.05, 4.69) is 28.2 Å². The summed E-state index contributed by atoms with van der Waals surface area (Å²) >= 11 is 5.18. The predicted octanol–water partition coefficient (Wildman–Crippen LogP) is 1.78. The molecule has 2 nitrogen and oxygen atoms in total. The van der Waals surface area contributed by atoms with E-state index in [9.17, 15) is 4.79 Å². The highest BCUT2D eigenvalue weighted by molar-refractivity contribution is 9.10. The van der Waals surface area contributed by atoms with Gasteiger partial charge in [-0.2, -0.15) is 11.8 Å². The molecule has 0 radical (unpaired) electrons. The van der Waals surface area contributed by atoms with Crippen molar-refractivity contribution in [2.24, 2.45) is 0 Å². The zero-order chi connectivity index (χ0) is 9.14. The number of nitrogens with one attached hydrogen (secondary N) is 1. The van der Waals surface area contributed by atoms with Gasteiger partial charge in [-0.1, -0.05) is 22.9 Å². The van der Waals surface area contributed by atoms with Crippen LogP contribution in [0.25, 0.3) is 0 Å². The van der Waals surface area contributed by atoms with E-state index >= 15 is 0 Å². The van der Waals surface area contributed by atoms with Crippen molar-refractivity contribution in [2.45, 2.75) is 36.4 Å². The van der Waals surface area contributed by atoms with Crippen molar-refractivity contribution in [3.63, 3.8) is 0 Å². The van der Waals surface area contributed by atoms with Crippen LogP contribution in [0.1, 0.15) is 20.3 Å². The van der Waals surface area contributed by atoms with Crippen molar-refractivity contribution in [3.05, 3.63) is 0 Å². The summed E-state index contributed by atoms with van der Waals surface area (Å²) < 4.78 is 0. The highest BCUT2D eigenvalue weighted by Crippen LogP contribution is 2.26. The molecule has 12 heavy (non-hydrogen) atoms. The fourth-order valence-corrected chi connectivity index (χ4v) is 2.55. The average Bonchev–Trinajstić information content (AvgIpc) is 2.36. The molecule has 70 valence electrons. The number of amides is 1. The fraction of sp³-hybridized carbons (Fsp3) is 0.875. The van der Waals surface area contributed by atoms with Gasteiger partial charge in [0.05, 0.1) is 4.83 Å². The molecular formula is C8H14BrNOS. The summed E-state index contributed by atoms with van der Waals surface area (Å²) in [5.41, 5.74) is 0. The van der Waals surface area contributed by atoms with Gasteiger partial charge in [-0.05, 0) is 19.1 Å². The molecule has 1 heterocycles. The normalized spacial score (nSPS) is 31.6. The summed E-state index contributed by atoms with van der Waals surface area (Å²) in [7, 11) is 0. The van der Waals surface area contributed by atoms with Crippen LogP contribution in [-0.4, -0.2) is 27.8 Å². The lowest BCUT2D eigenvalue weighted by atomic mass is 10.1. The fourth-order valence-electron chi connectivity index (χ4n) is 1.22. The first-order valence-corrected chi connectivity index (χ1v) is 6.13. The number of thioether (sulfide) groups is 1. The second kappa shape index (κ2) is 4.51. The molecule has 1 fully saturated rings. The van der Waals surface area contributed by atoms with Crippen molar-refractivity contribution in [1.82, 2.24) is 5.32 Å². The number of hydrogen-bond donors (Lipinski definition) is 1. The zero-order valence-electron chi connectivity index (χ0n) is 7.34. The van der Waals surface area contributed by atoms with E-state index in [0.29, 0.717) is 11.3 Å². The molecular weight excluding hydrogens is 238 g/mol. The maximum absolute atomic E-state index is 11.3. The Balaban J connectivity index is 2.35. The van der Waals surface area contributed by atoms with Crippen LogP contribution in [0.15, 0.2) is 0 Å². The molecule has 0 spiro atoms. The monoisotopic (exact) mass is 251 g/mol. The van der Waals surface area contributed by atoms with Crippen LogP contribution in [0.2, 0.25) is 0 Å². The Kier molecular flexibility index (Phi) is 3.90. The van der Waals surface area contributed by atoms with Crippen LogP contribution >= 0.6 is 27.7 Å². The molecule has 1 aliphatic rings. The van der Waals surface area contributed by atoms with Crippen LogP contribution in [-0.2, 0) is 4.79 Å². The molecule has 0 aromatic carbocycles. The van der Waals surface area contributed by atoms with Crippen molar-refractivity contribution < 1.29 is 4.79 Å². The molecule has 3 unspecified atom stereocenters. The van der Waals surface area contributed by atoms with E-state index in [1.165, 1.54) is 5.75 Å². The lowest BCUT2D eigenvalue weighted by molar-refractivity contribution is -0.120. The minimum atomic E-state index is -0.0738. The molecule has 1 aliphatic heterocycles. The molecule has 0 saturated carbocycles. The van der Waals surface area contributed by atoms with Crippen molar-refractivity contribution >= 4 is 33.6 Å². The molecule has 1 N–H and O–H groups in total. The van der Waals surface area contributed by atoms with Gasteiger partial charge in [-0.15, -0.1) is 0 Å². The van der Waals surface area contributed by atoms with Gasteiger partial charge in [0.1, 0.15) is 0 Å². The lowest BCUT2D eigenvalue weighted by Gasteiger charge is -2.17. The van der Waals surface area contributed by atoms with Crippen LogP contribution in [0.5, 0.6) is 0 Å². The highest BCUT2D eigenvalue weighted by Gasteiger charge is 2.26. The van der Waals surface area contributed by atoms with Gasteiger partial charge in [-0.25, -0.2) is 0 Å². The summed E-state index contributed by atoms with van der Waals surface area (Å²) in [5.74, 6) is 1.28. The summed E-state index contributed by atoms with van der Waals surface area (Å²) in [6.07, 6.45) is 1.11. The van der Waals surface area contributed by atoms with Gasteiger partial charge >= 0.3 is 0 Å². The van der Waals surface area contributed by atoms with Crippen molar-refractivity contribution in [2.75, 3.05) is 5.75 Å². The van der Waals surface area contributed by atoms with Crippen LogP contribution in [0.3, 0.4) is 0 Å². The molecule has 3 atom stereocenters. The van der Waals surface area contributed by atoms with Gasteiger partial charge in [-0.3, -0.25) is 4.79 Å². The van der Waals surface area contributed by atoms with Gasteiger partial charge in [0.15, 0.2) is 0 Å². The Morgan fingerprint density at radius 1 is 1.75 bits per heavy atom. The smallest absolute Gasteiger partial charge is 0.233 e. The molecule has 1 saturated heterocycles. The number of halogens is 1. The number of hydrogen-bond acceptors (Lipinski definition) is 2. The Morgan fingerprint density at radius 3 is 2.83 bits per heavy atom. The summed E-state index contributed by atoms with van der Waals surface area (Å²) in [6, 6.07) is 0.377. The van der Waals surface area contributed by atoms with Crippen LogP contribution < -0.4 is 5.32 Å². The van der Waals surface area contributed by atoms with E-state index in [0.717, 1.165) is 6.42 Å². The minimum absolute atomic E-state index is 0.0738. The minimum Gasteiger partial charge on any atom is -0.351 e. The lowest BCUT2D eigenvalue weighted by Crippen LogP contribution is -2.41. The van der Waals surface area contributed by atoms with E-state index < -0.39 is 0 Å². The van der Waals surface area contributed by atoms with Gasteiger partial charge < -0.3 is 5.32 Å². The maximum atomic E-state index is 11.3. The van der Waals surface area contributed by atoms with E-state index in [1.807, 2.05) is 18.7 Å². The van der Waals surface area contributed by atoms with E-state index in [4.69, 9.17) is 0 Å². The Labute approximate surface area is 86.0 Å². The average molecular weight is 252 g/mol. The molecule has 0 aromatic heterocycles. The topological polar surface area (TPSA) is 29.1 Å². The molecule has 0 aromatic rings. The largest absolute Gasteiger partial charge is 0.351 e. The van der Waals surface area contributed by atoms with Crippen LogP contribution in [0, 0.1) is 0 Å². The number of carbonyl (C=O) groups is 1. The van der Waals surface area contributed by atoms with Gasteiger partial charge in [0, 0.05) is 11.3 Å². The van der Waals surface area contributed by atoms with Gasteiger partial charge in [0.25, 0.3) is 0 Å². The third-order valence-corrected chi connectivity index (χ3v) is 3.81. The van der Waals surface area contributed by atoms with E-state index in [-0.39, 0.29) is 10.7 Å². The zero-order valence-corrected chi connectivity index (χ0v) is 9.74. The van der Waals surface area contributed by atoms with E-state index in [1.54, 1.807) is 0 Å². The number of rotatable bonds is 2. The molecule has 1 amide bonds. The second-order valence-electron chi connectivity index (χ2n) is 3.10. The molecule has 4 heteroatoms. The summed E-state index contributed by atoms with van der Waals surface area (Å²) in [4.78, 5) is 11.2. The first kappa shape index (κ1) is 10.4. The number of carbonyl (C=O) groups excluding carboxylic acids is 1. The third kappa shape index (κ3) is 2.66. The predicted molar refractivity (Wildman–Crippen MR) is 56.9 cm³/mol. The van der Waals surface area contributed by atoms with Crippen molar-refractivity contribution in [3.8, 4) is 0 Å². The van der Waals surface area contributed by atoms with Crippen LogP contribution in [0.4, 0.5) is 0 Å². The quantitative estimate of drug-likeness (QED) is 0.759. The standard InChI is InChI=1S/C8H14BrNOS/c1-5(9)8(11)10-7-3-4-12-6(7)2/h5-7H,3-4H2,1-2H3,(H,10,11). The number of alkyl halides is 1. The Hall–Kier alpha value is 0.300. The Bertz CT molecular complexity index is 174. The second-order valence-corrected chi connectivity index (χ2v) is 5.95. The molecule has 0 bridgehead atoms. The maximum Gasteiger partial charge on any atom is 0.233 e.